The van der Waals surface area contributed by atoms with Crippen molar-refractivity contribution >= 4 is 25.2 Å². The first-order valence-electron chi connectivity index (χ1n) is 21.3. The Morgan fingerprint density at radius 1 is 0.839 bits per heavy atom. The van der Waals surface area contributed by atoms with Gasteiger partial charge in [-0.25, -0.2) is 4.79 Å². The van der Waals surface area contributed by atoms with Crippen molar-refractivity contribution in [2.75, 3.05) is 27.4 Å². The zero-order chi connectivity index (χ0) is 44.6. The fraction of sp³-hybridized carbons (Fsp3) is 0.388. The third-order valence-corrected chi connectivity index (χ3v) is 17.3. The molecule has 12 nitrogen and oxygen atoms in total. The Kier molecular flexibility index (Phi) is 14.9. The van der Waals surface area contributed by atoms with Crippen LogP contribution in [-0.4, -0.2) is 69.1 Å². The highest BCUT2D eigenvalue weighted by molar-refractivity contribution is 6.88. The van der Waals surface area contributed by atoms with Crippen LogP contribution in [0.4, 0.5) is 0 Å². The van der Waals surface area contributed by atoms with Crippen molar-refractivity contribution in [3.63, 3.8) is 0 Å². The van der Waals surface area contributed by atoms with Crippen LogP contribution in [0.15, 0.2) is 119 Å². The number of aromatic amines is 1. The number of methoxy groups -OCH3 is 2. The third-order valence-electron chi connectivity index (χ3n) is 11.9. The summed E-state index contributed by atoms with van der Waals surface area (Å²) in [6, 6.07) is 33.3. The van der Waals surface area contributed by atoms with Crippen molar-refractivity contribution in [2.24, 2.45) is 0 Å². The van der Waals surface area contributed by atoms with Crippen molar-refractivity contribution in [1.82, 2.24) is 14.9 Å². The lowest BCUT2D eigenvalue weighted by Gasteiger charge is -2.42. The molecule has 2 heterocycles. The van der Waals surface area contributed by atoms with E-state index in [1.54, 1.807) is 28.1 Å². The summed E-state index contributed by atoms with van der Waals surface area (Å²) in [5, 5.41) is 3.94. The maximum Gasteiger partial charge on any atom is 0.330 e. The predicted octanol–water partition coefficient (Wildman–Crippen LogP) is 7.32. The van der Waals surface area contributed by atoms with Gasteiger partial charge in [0, 0.05) is 36.7 Å². The highest BCUT2D eigenvalue weighted by atomic mass is 28.4. The van der Waals surface area contributed by atoms with E-state index in [2.05, 4.69) is 38.0 Å². The largest absolute Gasteiger partial charge is 0.497 e. The van der Waals surface area contributed by atoms with Crippen LogP contribution in [0.2, 0.25) is 11.1 Å². The Morgan fingerprint density at radius 3 is 1.94 bits per heavy atom. The van der Waals surface area contributed by atoms with Gasteiger partial charge in [-0.1, -0.05) is 94.4 Å². The summed E-state index contributed by atoms with van der Waals surface area (Å²) >= 11 is 0. The number of H-pyrrole nitrogens is 1. The molecule has 0 saturated carbocycles. The van der Waals surface area contributed by atoms with E-state index in [9.17, 15) is 19.2 Å². The van der Waals surface area contributed by atoms with Gasteiger partial charge >= 0.3 is 5.69 Å². The third kappa shape index (κ3) is 9.71. The van der Waals surface area contributed by atoms with E-state index < -0.39 is 43.6 Å². The van der Waals surface area contributed by atoms with E-state index in [1.807, 2.05) is 103 Å². The predicted molar refractivity (Wildman–Crippen MR) is 242 cm³/mol. The second-order valence-electron chi connectivity index (χ2n) is 16.6. The first-order chi connectivity index (χ1) is 29.7. The van der Waals surface area contributed by atoms with Crippen molar-refractivity contribution in [1.29, 1.82) is 0 Å². The minimum atomic E-state index is -2.96. The summed E-state index contributed by atoms with van der Waals surface area (Å²) in [7, 11) is 0.297. The Balaban J connectivity index is 1.42. The Bertz CT molecular complexity index is 2340. The molecule has 328 valence electrons. The van der Waals surface area contributed by atoms with Crippen LogP contribution in [0.1, 0.15) is 92.7 Å². The van der Waals surface area contributed by atoms with Gasteiger partial charge in [-0.2, -0.15) is 0 Å². The number of ketones is 1. The average Bonchev–Trinajstić information content (AvgIpc) is 3.68. The Hall–Kier alpha value is -5.60. The molecule has 1 unspecified atom stereocenters. The zero-order valence-electron chi connectivity index (χ0n) is 36.9. The topological polar surface area (TPSA) is 147 Å². The molecule has 1 fully saturated rings. The lowest BCUT2D eigenvalue weighted by Crippen LogP contribution is -2.59. The number of rotatable bonds is 19. The van der Waals surface area contributed by atoms with Gasteiger partial charge in [-0.3, -0.25) is 19.1 Å². The highest BCUT2D eigenvalue weighted by Gasteiger charge is 2.50. The van der Waals surface area contributed by atoms with Gasteiger partial charge in [-0.15, -0.1) is 0 Å². The van der Waals surface area contributed by atoms with Crippen LogP contribution in [0.3, 0.4) is 0 Å². The normalized spacial score (nSPS) is 16.7. The molecule has 1 amide bonds. The number of Topliss-reactive ketones (excluding diaryl/α,β-unsaturated/α-hetero) is 1. The summed E-state index contributed by atoms with van der Waals surface area (Å²) in [5.41, 5.74) is 1.46. The molecule has 4 aromatic carbocycles. The number of carbonyl (C=O) groups excluding carboxylic acids is 2. The quantitative estimate of drug-likeness (QED) is 0.0496. The molecule has 6 rings (SSSR count). The molecule has 1 aliphatic rings. The van der Waals surface area contributed by atoms with Gasteiger partial charge in [0.25, 0.3) is 11.5 Å². The number of nitrogens with one attached hydrogen (secondary N) is 2. The van der Waals surface area contributed by atoms with Crippen LogP contribution in [-0.2, 0) is 24.3 Å². The van der Waals surface area contributed by atoms with Crippen molar-refractivity contribution in [2.45, 2.75) is 95.9 Å². The lowest BCUT2D eigenvalue weighted by atomic mass is 9.80. The zero-order valence-corrected chi connectivity index (χ0v) is 37.9. The minimum Gasteiger partial charge on any atom is -0.497 e. The van der Waals surface area contributed by atoms with Gasteiger partial charge in [-0.05, 0) is 89.6 Å². The van der Waals surface area contributed by atoms with Gasteiger partial charge in [0.15, 0.2) is 0 Å². The van der Waals surface area contributed by atoms with Crippen LogP contribution in [0.25, 0.3) is 0 Å². The minimum absolute atomic E-state index is 0.0502. The molecule has 13 heteroatoms. The maximum absolute atomic E-state index is 13.4. The second-order valence-corrected chi connectivity index (χ2v) is 21.3. The molecule has 3 atom stereocenters. The van der Waals surface area contributed by atoms with Gasteiger partial charge < -0.3 is 33.5 Å². The number of nitrogens with zero attached hydrogens (tertiary/aromatic N) is 1. The van der Waals surface area contributed by atoms with Crippen molar-refractivity contribution in [3.8, 4) is 11.5 Å². The number of aryl methyl sites for hydroxylation is 1. The molecule has 5 aromatic rings. The standard InChI is InChI=1S/C49H59N3O9Si/c1-32(2)62(33(3)4,42-26-16-36(17-27-42)47(55)50-28-12-13-35(6)53)61-43-29-45(52-30-34(5)46(54)51-48(52)56)60-44(43)31-59-49(37-14-10-9-11-15-37,38-18-22-40(57-7)23-19-38)39-20-24-41(58-8)25-21-39/h9-11,14-27,30,32-33,43-45H,12-13,28-29,31H2,1-8H3,(H,50,55)(H,51,54,56)/t43?,44-,45-/m1/s1. The van der Waals surface area contributed by atoms with Gasteiger partial charge in [0.2, 0.25) is 8.32 Å². The number of ether oxygens (including phenoxy) is 4. The van der Waals surface area contributed by atoms with Crippen LogP contribution >= 0.6 is 0 Å². The highest BCUT2D eigenvalue weighted by Crippen LogP contribution is 2.44. The molecular formula is C49H59N3O9Si. The molecule has 62 heavy (non-hydrogen) atoms. The van der Waals surface area contributed by atoms with E-state index in [0.29, 0.717) is 48.4 Å². The number of carbonyl (C=O) groups is 2. The molecule has 1 aromatic heterocycles. The summed E-state index contributed by atoms with van der Waals surface area (Å²) in [6.07, 6.45) is 0.828. The molecule has 1 aliphatic heterocycles. The number of hydrogen-bond acceptors (Lipinski definition) is 9. The van der Waals surface area contributed by atoms with Crippen molar-refractivity contribution in [3.05, 3.63) is 158 Å². The molecular weight excluding hydrogens is 803 g/mol. The molecule has 0 spiro atoms. The smallest absolute Gasteiger partial charge is 0.330 e. The number of amides is 1. The first-order valence-corrected chi connectivity index (χ1v) is 23.3. The van der Waals surface area contributed by atoms with E-state index in [-0.39, 0.29) is 29.4 Å². The maximum atomic E-state index is 13.4. The fourth-order valence-corrected chi connectivity index (χ4v) is 13.5. The summed E-state index contributed by atoms with van der Waals surface area (Å²) in [6.45, 7) is 12.3. The van der Waals surface area contributed by atoms with Gasteiger partial charge in [0.1, 0.15) is 35.2 Å². The SMILES string of the molecule is COc1ccc(C(OC[C@H]2O[C@@H](n3cc(C)c(=O)[nH]c3=O)CC2O[Si](c2ccc(C(=O)NCCCC(C)=O)cc2)(C(C)C)C(C)C)(c2ccccc2)c2ccc(OC)cc2)cc1. The molecule has 2 N–H and O–H groups in total. The van der Waals surface area contributed by atoms with Crippen LogP contribution < -0.4 is 31.2 Å². The Morgan fingerprint density at radius 2 is 1.40 bits per heavy atom. The van der Waals surface area contributed by atoms with E-state index in [0.717, 1.165) is 21.9 Å². The molecule has 1 saturated heterocycles. The van der Waals surface area contributed by atoms with Crippen LogP contribution in [0.5, 0.6) is 11.5 Å². The van der Waals surface area contributed by atoms with E-state index in [1.165, 1.54) is 10.8 Å². The lowest BCUT2D eigenvalue weighted by molar-refractivity contribution is -0.117. The average molecular weight is 862 g/mol. The fourth-order valence-electron chi connectivity index (χ4n) is 8.67. The van der Waals surface area contributed by atoms with E-state index in [4.69, 9.17) is 23.4 Å². The number of benzene rings is 4. The molecule has 0 bridgehead atoms. The van der Waals surface area contributed by atoms with Crippen LogP contribution in [0, 0.1) is 6.92 Å². The van der Waals surface area contributed by atoms with E-state index >= 15 is 0 Å². The number of hydrogen-bond donors (Lipinski definition) is 2. The summed E-state index contributed by atoms with van der Waals surface area (Å²) < 4.78 is 34.4. The monoisotopic (exact) mass is 861 g/mol. The molecule has 0 aliphatic carbocycles. The van der Waals surface area contributed by atoms with Crippen molar-refractivity contribution < 1.29 is 33.0 Å². The summed E-state index contributed by atoms with van der Waals surface area (Å²) in [5.74, 6) is 1.28. The molecule has 0 radical (unpaired) electrons. The number of aromatic nitrogens is 2. The summed E-state index contributed by atoms with van der Waals surface area (Å²) in [4.78, 5) is 52.8. The first kappa shape index (κ1) is 45.9. The second kappa shape index (κ2) is 20.1. The van der Waals surface area contributed by atoms with Gasteiger partial charge in [0.05, 0.1) is 26.9 Å². The Labute approximate surface area is 364 Å².